The zero-order valence-corrected chi connectivity index (χ0v) is 13.7. The van der Waals surface area contributed by atoms with Crippen LogP contribution in [0.4, 0.5) is 0 Å². The minimum Gasteiger partial charge on any atom is -0.493 e. The van der Waals surface area contributed by atoms with Crippen LogP contribution >= 0.6 is 0 Å². The van der Waals surface area contributed by atoms with E-state index in [2.05, 4.69) is 10.2 Å². The Kier molecular flexibility index (Phi) is 6.05. The van der Waals surface area contributed by atoms with Crippen LogP contribution in [0.2, 0.25) is 0 Å². The molecule has 6 nitrogen and oxygen atoms in total. The molecule has 23 heavy (non-hydrogen) atoms. The van der Waals surface area contributed by atoms with Crippen molar-refractivity contribution in [2.24, 2.45) is 0 Å². The van der Waals surface area contributed by atoms with E-state index in [1.54, 1.807) is 31.4 Å². The summed E-state index contributed by atoms with van der Waals surface area (Å²) in [6.07, 6.45) is 0.879. The molecule has 0 radical (unpaired) electrons. The summed E-state index contributed by atoms with van der Waals surface area (Å²) in [6, 6.07) is 10.4. The number of rotatable bonds is 8. The quantitative estimate of drug-likeness (QED) is 0.758. The van der Waals surface area contributed by atoms with Gasteiger partial charge < -0.3 is 24.1 Å². The maximum absolute atomic E-state index is 12.0. The zero-order valence-electron chi connectivity index (χ0n) is 13.7. The molecule has 1 aromatic heterocycles. The third kappa shape index (κ3) is 5.03. The molecule has 0 aliphatic rings. The minimum absolute atomic E-state index is 0.222. The van der Waals surface area contributed by atoms with E-state index in [1.807, 2.05) is 26.2 Å². The molecule has 0 spiro atoms. The Morgan fingerprint density at radius 3 is 2.61 bits per heavy atom. The second kappa shape index (κ2) is 8.24. The minimum atomic E-state index is -0.251. The molecule has 0 fully saturated rings. The van der Waals surface area contributed by atoms with Crippen molar-refractivity contribution in [1.82, 2.24) is 10.2 Å². The molecule has 6 heteroatoms. The van der Waals surface area contributed by atoms with Crippen molar-refractivity contribution in [1.29, 1.82) is 0 Å². The number of para-hydroxylation sites is 2. The number of nitrogens with one attached hydrogen (secondary N) is 1. The van der Waals surface area contributed by atoms with Crippen LogP contribution in [0, 0.1) is 0 Å². The van der Waals surface area contributed by atoms with Gasteiger partial charge in [-0.3, -0.25) is 4.79 Å². The zero-order chi connectivity index (χ0) is 16.7. The molecule has 0 bridgehead atoms. The molecule has 0 aliphatic carbocycles. The Hall–Kier alpha value is -2.47. The Morgan fingerprint density at radius 2 is 1.91 bits per heavy atom. The molecule has 1 heterocycles. The van der Waals surface area contributed by atoms with Crippen molar-refractivity contribution in [3.63, 3.8) is 0 Å². The number of carbonyl (C=O) groups excluding carboxylic acids is 1. The standard InChI is InChI=1S/C17H22N2O4/c1-19(2)12-6-11-18-17(20)15-9-10-16(23-15)22-14-8-5-4-7-13(14)21-3/h4-5,7-10H,6,11-12H2,1-3H3,(H,18,20). The lowest BCUT2D eigenvalue weighted by Gasteiger charge is -2.09. The Bertz CT molecular complexity index is 637. The van der Waals surface area contributed by atoms with Crippen molar-refractivity contribution in [3.05, 3.63) is 42.2 Å². The molecule has 1 amide bonds. The van der Waals surface area contributed by atoms with Gasteiger partial charge in [-0.1, -0.05) is 12.1 Å². The van der Waals surface area contributed by atoms with Gasteiger partial charge in [0.25, 0.3) is 11.9 Å². The number of ether oxygens (including phenoxy) is 2. The van der Waals surface area contributed by atoms with E-state index in [9.17, 15) is 4.79 Å². The summed E-state index contributed by atoms with van der Waals surface area (Å²) in [4.78, 5) is 14.0. The van der Waals surface area contributed by atoms with Gasteiger partial charge in [0.05, 0.1) is 7.11 Å². The normalized spacial score (nSPS) is 10.6. The largest absolute Gasteiger partial charge is 0.493 e. The summed E-state index contributed by atoms with van der Waals surface area (Å²) in [7, 11) is 5.56. The van der Waals surface area contributed by atoms with E-state index < -0.39 is 0 Å². The number of furan rings is 1. The van der Waals surface area contributed by atoms with Crippen LogP contribution in [-0.2, 0) is 0 Å². The number of amides is 1. The summed E-state index contributed by atoms with van der Waals surface area (Å²) in [5.41, 5.74) is 0. The van der Waals surface area contributed by atoms with Crippen molar-refractivity contribution in [2.75, 3.05) is 34.3 Å². The van der Waals surface area contributed by atoms with Crippen molar-refractivity contribution < 1.29 is 18.7 Å². The molecular formula is C17H22N2O4. The second-order valence-electron chi connectivity index (χ2n) is 5.28. The molecular weight excluding hydrogens is 296 g/mol. The third-order valence-corrected chi connectivity index (χ3v) is 3.15. The van der Waals surface area contributed by atoms with Crippen molar-refractivity contribution in [2.45, 2.75) is 6.42 Å². The first-order valence-corrected chi connectivity index (χ1v) is 7.44. The number of hydrogen-bond acceptors (Lipinski definition) is 5. The average Bonchev–Trinajstić information content (AvgIpc) is 3.00. The van der Waals surface area contributed by atoms with Crippen LogP contribution in [0.1, 0.15) is 17.0 Å². The fraction of sp³-hybridized carbons (Fsp3) is 0.353. The number of carbonyl (C=O) groups is 1. The fourth-order valence-corrected chi connectivity index (χ4v) is 1.99. The highest BCUT2D eigenvalue weighted by Crippen LogP contribution is 2.31. The van der Waals surface area contributed by atoms with Crippen LogP contribution in [0.15, 0.2) is 40.8 Å². The predicted molar refractivity (Wildman–Crippen MR) is 87.3 cm³/mol. The topological polar surface area (TPSA) is 63.9 Å². The Morgan fingerprint density at radius 1 is 1.17 bits per heavy atom. The predicted octanol–water partition coefficient (Wildman–Crippen LogP) is 2.76. The monoisotopic (exact) mass is 318 g/mol. The van der Waals surface area contributed by atoms with E-state index in [1.165, 1.54) is 0 Å². The van der Waals surface area contributed by atoms with Gasteiger partial charge in [-0.2, -0.15) is 0 Å². The maximum atomic E-state index is 12.0. The number of benzene rings is 1. The molecule has 1 aromatic carbocycles. The highest BCUT2D eigenvalue weighted by molar-refractivity contribution is 5.91. The lowest BCUT2D eigenvalue weighted by atomic mass is 10.3. The highest BCUT2D eigenvalue weighted by atomic mass is 16.6. The number of nitrogens with zero attached hydrogens (tertiary/aromatic N) is 1. The van der Waals surface area contributed by atoms with Gasteiger partial charge in [0.2, 0.25) is 0 Å². The van der Waals surface area contributed by atoms with Gasteiger partial charge >= 0.3 is 0 Å². The fourth-order valence-electron chi connectivity index (χ4n) is 1.99. The molecule has 0 atom stereocenters. The molecule has 0 unspecified atom stereocenters. The maximum Gasteiger partial charge on any atom is 0.290 e. The number of methoxy groups -OCH3 is 1. The lowest BCUT2D eigenvalue weighted by molar-refractivity contribution is 0.0919. The van der Waals surface area contributed by atoms with Crippen LogP contribution in [0.5, 0.6) is 17.4 Å². The molecule has 124 valence electrons. The van der Waals surface area contributed by atoms with Crippen molar-refractivity contribution >= 4 is 5.91 Å². The van der Waals surface area contributed by atoms with Crippen LogP contribution < -0.4 is 14.8 Å². The van der Waals surface area contributed by atoms with Gasteiger partial charge in [-0.15, -0.1) is 0 Å². The van der Waals surface area contributed by atoms with Crippen LogP contribution in [0.3, 0.4) is 0 Å². The van der Waals surface area contributed by atoms with E-state index in [4.69, 9.17) is 13.9 Å². The molecule has 2 rings (SSSR count). The van der Waals surface area contributed by atoms with E-state index >= 15 is 0 Å². The first kappa shape index (κ1) is 16.9. The molecule has 2 aromatic rings. The number of hydrogen-bond donors (Lipinski definition) is 1. The van der Waals surface area contributed by atoms with Gasteiger partial charge in [0.15, 0.2) is 17.3 Å². The summed E-state index contributed by atoms with van der Waals surface area (Å²) >= 11 is 0. The molecule has 0 saturated carbocycles. The van der Waals surface area contributed by atoms with Crippen LogP contribution in [0.25, 0.3) is 0 Å². The van der Waals surface area contributed by atoms with Crippen molar-refractivity contribution in [3.8, 4) is 17.4 Å². The smallest absolute Gasteiger partial charge is 0.290 e. The summed E-state index contributed by atoms with van der Waals surface area (Å²) in [5.74, 6) is 1.34. The van der Waals surface area contributed by atoms with Gasteiger partial charge in [0.1, 0.15) is 0 Å². The molecule has 0 aliphatic heterocycles. The summed E-state index contributed by atoms with van der Waals surface area (Å²) in [5, 5.41) is 2.81. The Balaban J connectivity index is 1.91. The van der Waals surface area contributed by atoms with Gasteiger partial charge in [-0.05, 0) is 45.3 Å². The van der Waals surface area contributed by atoms with E-state index in [-0.39, 0.29) is 17.6 Å². The van der Waals surface area contributed by atoms with Crippen LogP contribution in [-0.4, -0.2) is 45.1 Å². The molecule has 0 saturated heterocycles. The van der Waals surface area contributed by atoms with E-state index in [0.29, 0.717) is 18.0 Å². The van der Waals surface area contributed by atoms with Gasteiger partial charge in [-0.25, -0.2) is 0 Å². The second-order valence-corrected chi connectivity index (χ2v) is 5.28. The third-order valence-electron chi connectivity index (χ3n) is 3.15. The Labute approximate surface area is 136 Å². The van der Waals surface area contributed by atoms with Gasteiger partial charge in [0, 0.05) is 12.6 Å². The first-order valence-electron chi connectivity index (χ1n) is 7.44. The molecule has 1 N–H and O–H groups in total. The van der Waals surface area contributed by atoms with E-state index in [0.717, 1.165) is 13.0 Å². The summed E-state index contributed by atoms with van der Waals surface area (Å²) < 4.78 is 16.2. The average molecular weight is 318 g/mol. The SMILES string of the molecule is COc1ccccc1Oc1ccc(C(=O)NCCCN(C)C)o1. The lowest BCUT2D eigenvalue weighted by Crippen LogP contribution is -2.26. The highest BCUT2D eigenvalue weighted by Gasteiger charge is 2.13. The first-order chi connectivity index (χ1) is 11.1. The summed E-state index contributed by atoms with van der Waals surface area (Å²) in [6.45, 7) is 1.51.